The zero-order valence-corrected chi connectivity index (χ0v) is 12.7. The van der Waals surface area contributed by atoms with E-state index >= 15 is 0 Å². The second kappa shape index (κ2) is 9.50. The Hall–Kier alpha value is -1.40. The molecule has 0 atom stereocenters. The molecule has 20 heavy (non-hydrogen) atoms. The molecule has 114 valence electrons. The van der Waals surface area contributed by atoms with Gasteiger partial charge in [0.1, 0.15) is 18.0 Å². The number of methoxy groups -OCH3 is 1. The van der Waals surface area contributed by atoms with E-state index in [2.05, 4.69) is 29.1 Å². The van der Waals surface area contributed by atoms with Gasteiger partial charge in [-0.15, -0.1) is 0 Å². The molecule has 0 amide bonds. The summed E-state index contributed by atoms with van der Waals surface area (Å²) < 4.78 is 10.3. The van der Waals surface area contributed by atoms with E-state index in [-0.39, 0.29) is 0 Å². The van der Waals surface area contributed by atoms with Crippen molar-refractivity contribution < 1.29 is 9.47 Å². The van der Waals surface area contributed by atoms with Crippen LogP contribution in [0.5, 0.6) is 0 Å². The van der Waals surface area contributed by atoms with Gasteiger partial charge in [0, 0.05) is 25.8 Å². The van der Waals surface area contributed by atoms with Crippen LogP contribution in [-0.4, -0.2) is 43.4 Å². The van der Waals surface area contributed by atoms with Crippen molar-refractivity contribution in [1.82, 2.24) is 9.97 Å². The number of nitrogen functional groups attached to an aromatic ring is 1. The minimum Gasteiger partial charge on any atom is -0.383 e. The van der Waals surface area contributed by atoms with Crippen LogP contribution in [0.3, 0.4) is 0 Å². The van der Waals surface area contributed by atoms with Crippen molar-refractivity contribution in [1.29, 1.82) is 0 Å². The summed E-state index contributed by atoms with van der Waals surface area (Å²) in [6, 6.07) is 0. The van der Waals surface area contributed by atoms with Gasteiger partial charge in [-0.2, -0.15) is 0 Å². The first-order valence-electron chi connectivity index (χ1n) is 7.07. The van der Waals surface area contributed by atoms with Crippen LogP contribution in [0.25, 0.3) is 0 Å². The van der Waals surface area contributed by atoms with Gasteiger partial charge in [-0.05, 0) is 18.8 Å². The average molecular weight is 282 g/mol. The summed E-state index contributed by atoms with van der Waals surface area (Å²) >= 11 is 0. The lowest BCUT2D eigenvalue weighted by Gasteiger charge is -2.14. The van der Waals surface area contributed by atoms with E-state index in [0.717, 1.165) is 37.4 Å². The van der Waals surface area contributed by atoms with Crippen molar-refractivity contribution in [2.75, 3.05) is 44.5 Å². The first-order valence-corrected chi connectivity index (χ1v) is 7.07. The number of nitrogens with two attached hydrogens (primary N) is 1. The number of ether oxygens (including phenoxy) is 2. The summed E-state index contributed by atoms with van der Waals surface area (Å²) in [5.74, 6) is 1.70. The van der Waals surface area contributed by atoms with Gasteiger partial charge in [0.2, 0.25) is 0 Å². The maximum Gasteiger partial charge on any atom is 0.134 e. The molecule has 0 aromatic carbocycles. The maximum atomic E-state index is 5.90. The average Bonchev–Trinajstić information content (AvgIpc) is 2.41. The number of hydrogen-bond donors (Lipinski definition) is 2. The normalized spacial score (nSPS) is 11.0. The highest BCUT2D eigenvalue weighted by Gasteiger charge is 2.12. The Morgan fingerprint density at radius 2 is 2.00 bits per heavy atom. The molecule has 0 aliphatic heterocycles. The summed E-state index contributed by atoms with van der Waals surface area (Å²) in [5.41, 5.74) is 6.89. The maximum absolute atomic E-state index is 5.90. The molecule has 0 unspecified atom stereocenters. The van der Waals surface area contributed by atoms with Gasteiger partial charge in [0.25, 0.3) is 0 Å². The molecule has 1 aromatic rings. The molecule has 0 bridgehead atoms. The number of nitrogens with one attached hydrogen (secondary N) is 1. The molecule has 0 radical (unpaired) electrons. The van der Waals surface area contributed by atoms with Crippen molar-refractivity contribution in [3.8, 4) is 0 Å². The topological polar surface area (TPSA) is 82.3 Å². The number of rotatable bonds is 10. The molecule has 0 aliphatic carbocycles. The molecule has 1 rings (SSSR count). The molecule has 6 nitrogen and oxygen atoms in total. The van der Waals surface area contributed by atoms with Gasteiger partial charge in [0.15, 0.2) is 0 Å². The van der Waals surface area contributed by atoms with Crippen molar-refractivity contribution in [2.45, 2.75) is 32.6 Å². The van der Waals surface area contributed by atoms with E-state index < -0.39 is 0 Å². The van der Waals surface area contributed by atoms with Gasteiger partial charge >= 0.3 is 0 Å². The lowest BCUT2D eigenvalue weighted by molar-refractivity contribution is 0.0691. The van der Waals surface area contributed by atoms with Crippen molar-refractivity contribution in [3.05, 3.63) is 11.9 Å². The molecule has 0 aliphatic rings. The number of unbranched alkanes of at least 4 members (excludes halogenated alkanes) is 1. The van der Waals surface area contributed by atoms with E-state index in [1.165, 1.54) is 6.33 Å². The highest BCUT2D eigenvalue weighted by atomic mass is 16.5. The molecule has 0 spiro atoms. The Balaban J connectivity index is 2.27. The standard InChI is InChI=1S/C14H26N4O2/c1-11(2)12-13(15)17-10-18-14(12)16-6-4-5-7-20-9-8-19-3/h10-11H,4-9H2,1-3H3,(H3,15,16,17,18). The Kier molecular flexibility index (Phi) is 7.91. The Morgan fingerprint density at radius 3 is 2.70 bits per heavy atom. The summed E-state index contributed by atoms with van der Waals surface area (Å²) in [4.78, 5) is 8.31. The van der Waals surface area contributed by atoms with E-state index in [0.29, 0.717) is 24.9 Å². The summed E-state index contributed by atoms with van der Waals surface area (Å²) in [6.07, 6.45) is 3.53. The minimum absolute atomic E-state index is 0.302. The van der Waals surface area contributed by atoms with Gasteiger partial charge in [-0.25, -0.2) is 9.97 Å². The monoisotopic (exact) mass is 282 g/mol. The fraction of sp³-hybridized carbons (Fsp3) is 0.714. The molecule has 6 heteroatoms. The highest BCUT2D eigenvalue weighted by Crippen LogP contribution is 2.25. The number of aromatic nitrogens is 2. The Labute approximate surface area is 121 Å². The lowest BCUT2D eigenvalue weighted by Crippen LogP contribution is -2.11. The molecule has 1 heterocycles. The fourth-order valence-electron chi connectivity index (χ4n) is 1.90. The van der Waals surface area contributed by atoms with Gasteiger partial charge in [0.05, 0.1) is 13.2 Å². The van der Waals surface area contributed by atoms with Gasteiger partial charge < -0.3 is 20.5 Å². The van der Waals surface area contributed by atoms with Crippen LogP contribution in [0.1, 0.15) is 38.2 Å². The molecule has 1 aromatic heterocycles. The van der Waals surface area contributed by atoms with Crippen LogP contribution in [0.2, 0.25) is 0 Å². The second-order valence-corrected chi connectivity index (χ2v) is 4.91. The van der Waals surface area contributed by atoms with Crippen LogP contribution in [0.4, 0.5) is 11.6 Å². The SMILES string of the molecule is COCCOCCCCNc1ncnc(N)c1C(C)C. The lowest BCUT2D eigenvalue weighted by atomic mass is 10.0. The zero-order valence-electron chi connectivity index (χ0n) is 12.7. The minimum atomic E-state index is 0.302. The molecule has 0 saturated carbocycles. The van der Waals surface area contributed by atoms with Crippen LogP contribution >= 0.6 is 0 Å². The van der Waals surface area contributed by atoms with Crippen molar-refractivity contribution in [2.24, 2.45) is 0 Å². The fourth-order valence-corrected chi connectivity index (χ4v) is 1.90. The summed E-state index contributed by atoms with van der Waals surface area (Å²) in [5, 5.41) is 3.33. The van der Waals surface area contributed by atoms with E-state index in [4.69, 9.17) is 15.2 Å². The molecular formula is C14H26N4O2. The molecule has 0 saturated heterocycles. The Bertz CT molecular complexity index is 385. The van der Waals surface area contributed by atoms with Crippen molar-refractivity contribution in [3.63, 3.8) is 0 Å². The van der Waals surface area contributed by atoms with Gasteiger partial charge in [-0.3, -0.25) is 0 Å². The quantitative estimate of drug-likeness (QED) is 0.639. The van der Waals surface area contributed by atoms with Crippen LogP contribution in [0, 0.1) is 0 Å². The van der Waals surface area contributed by atoms with Crippen LogP contribution < -0.4 is 11.1 Å². The third-order valence-electron chi connectivity index (χ3n) is 2.93. The van der Waals surface area contributed by atoms with Gasteiger partial charge in [-0.1, -0.05) is 13.8 Å². The summed E-state index contributed by atoms with van der Waals surface area (Å²) in [6.45, 7) is 7.09. The number of nitrogens with zero attached hydrogens (tertiary/aromatic N) is 2. The number of hydrogen-bond acceptors (Lipinski definition) is 6. The first kappa shape index (κ1) is 16.7. The van der Waals surface area contributed by atoms with E-state index in [1.54, 1.807) is 7.11 Å². The van der Waals surface area contributed by atoms with E-state index in [1.807, 2.05) is 0 Å². The zero-order chi connectivity index (χ0) is 14.8. The molecule has 0 fully saturated rings. The third-order valence-corrected chi connectivity index (χ3v) is 2.93. The largest absolute Gasteiger partial charge is 0.383 e. The Morgan fingerprint density at radius 1 is 1.20 bits per heavy atom. The predicted molar refractivity (Wildman–Crippen MR) is 81.0 cm³/mol. The second-order valence-electron chi connectivity index (χ2n) is 4.91. The van der Waals surface area contributed by atoms with E-state index in [9.17, 15) is 0 Å². The number of anilines is 2. The highest BCUT2D eigenvalue weighted by molar-refractivity contribution is 5.56. The van der Waals surface area contributed by atoms with Crippen LogP contribution in [-0.2, 0) is 9.47 Å². The summed E-state index contributed by atoms with van der Waals surface area (Å²) in [7, 11) is 1.67. The predicted octanol–water partition coefficient (Wildman–Crippen LogP) is 2.04. The smallest absolute Gasteiger partial charge is 0.134 e. The third kappa shape index (κ3) is 5.71. The van der Waals surface area contributed by atoms with Crippen LogP contribution in [0.15, 0.2) is 6.33 Å². The molecular weight excluding hydrogens is 256 g/mol. The first-order chi connectivity index (χ1) is 9.66. The van der Waals surface area contributed by atoms with Crippen molar-refractivity contribution >= 4 is 11.6 Å². The molecule has 3 N–H and O–H groups in total.